The molecule has 0 aliphatic carbocycles. The Morgan fingerprint density at radius 1 is 1.40 bits per heavy atom. The van der Waals surface area contributed by atoms with E-state index >= 15 is 0 Å². The molecule has 0 bridgehead atoms. The Morgan fingerprint density at radius 2 is 2.05 bits per heavy atom. The maximum absolute atomic E-state index is 12.3. The van der Waals surface area contributed by atoms with Gasteiger partial charge in [-0.25, -0.2) is 0 Å². The second kappa shape index (κ2) is 6.37. The van der Waals surface area contributed by atoms with Crippen LogP contribution in [0, 0.1) is 6.92 Å². The first-order valence-corrected chi connectivity index (χ1v) is 7.28. The molecule has 1 saturated heterocycles. The summed E-state index contributed by atoms with van der Waals surface area (Å²) in [5, 5.41) is 0. The van der Waals surface area contributed by atoms with E-state index in [4.69, 9.17) is 5.73 Å². The third kappa shape index (κ3) is 3.02. The summed E-state index contributed by atoms with van der Waals surface area (Å²) in [5.74, 6) is 0.188. The molecule has 2 N–H and O–H groups in total. The molecule has 1 aliphatic rings. The van der Waals surface area contributed by atoms with E-state index in [-0.39, 0.29) is 18.0 Å². The molecular formula is C16H25N3O. The van der Waals surface area contributed by atoms with Crippen molar-refractivity contribution in [2.75, 3.05) is 27.2 Å². The van der Waals surface area contributed by atoms with E-state index in [1.54, 1.807) is 4.90 Å². The summed E-state index contributed by atoms with van der Waals surface area (Å²) in [4.78, 5) is 16.3. The van der Waals surface area contributed by atoms with Crippen LogP contribution in [-0.2, 0) is 4.79 Å². The number of nitrogens with zero attached hydrogens (tertiary/aromatic N) is 2. The lowest BCUT2D eigenvalue weighted by atomic mass is 10.0. The molecule has 1 heterocycles. The van der Waals surface area contributed by atoms with Gasteiger partial charge in [0, 0.05) is 26.7 Å². The second-order valence-electron chi connectivity index (χ2n) is 5.79. The largest absolute Gasteiger partial charge is 0.347 e. The van der Waals surface area contributed by atoms with Gasteiger partial charge >= 0.3 is 0 Å². The summed E-state index contributed by atoms with van der Waals surface area (Å²) in [6.45, 7) is 3.57. The number of carbonyl (C=O) groups is 1. The van der Waals surface area contributed by atoms with Gasteiger partial charge in [0.2, 0.25) is 5.91 Å². The molecule has 0 aromatic heterocycles. The molecule has 2 unspecified atom stereocenters. The van der Waals surface area contributed by atoms with Gasteiger partial charge in [-0.3, -0.25) is 9.69 Å². The Balaban J connectivity index is 2.22. The molecule has 1 aromatic carbocycles. The van der Waals surface area contributed by atoms with Gasteiger partial charge in [-0.15, -0.1) is 0 Å². The van der Waals surface area contributed by atoms with Gasteiger partial charge in [0.1, 0.15) is 0 Å². The lowest BCUT2D eigenvalue weighted by molar-refractivity contribution is -0.134. The Labute approximate surface area is 121 Å². The zero-order valence-electron chi connectivity index (χ0n) is 12.7. The maximum atomic E-state index is 12.3. The van der Waals surface area contributed by atoms with Crippen molar-refractivity contribution >= 4 is 5.91 Å². The molecule has 0 radical (unpaired) electrons. The first-order valence-electron chi connectivity index (χ1n) is 7.28. The number of likely N-dealkylation sites (tertiary alicyclic amines) is 1. The first-order chi connectivity index (χ1) is 9.54. The molecule has 4 nitrogen and oxygen atoms in total. The molecular weight excluding hydrogens is 250 g/mol. The van der Waals surface area contributed by atoms with Crippen LogP contribution < -0.4 is 5.73 Å². The molecule has 1 aromatic rings. The number of rotatable bonds is 4. The monoisotopic (exact) mass is 275 g/mol. The standard InChI is InChI=1S/C16H25N3O/c1-12-6-8-13(9-7-12)15(11-17)19-10-4-5-14(19)16(20)18(2)3/h6-9,14-15H,4-5,10-11,17H2,1-3H3. The van der Waals surface area contributed by atoms with Crippen LogP contribution in [0.2, 0.25) is 0 Å². The Bertz CT molecular complexity index is 455. The third-order valence-corrected chi connectivity index (χ3v) is 4.11. The van der Waals surface area contributed by atoms with Crippen LogP contribution in [-0.4, -0.2) is 48.9 Å². The minimum atomic E-state index is -0.0279. The number of hydrogen-bond donors (Lipinski definition) is 1. The van der Waals surface area contributed by atoms with Crippen LogP contribution in [0.3, 0.4) is 0 Å². The highest BCUT2D eigenvalue weighted by Gasteiger charge is 2.36. The predicted octanol–water partition coefficient (Wildman–Crippen LogP) is 1.55. The maximum Gasteiger partial charge on any atom is 0.239 e. The average Bonchev–Trinajstić information content (AvgIpc) is 2.90. The number of nitrogens with two attached hydrogens (primary N) is 1. The van der Waals surface area contributed by atoms with Crippen LogP contribution in [0.5, 0.6) is 0 Å². The van der Waals surface area contributed by atoms with Gasteiger partial charge in [0.25, 0.3) is 0 Å². The Hall–Kier alpha value is -1.39. The minimum absolute atomic E-state index is 0.0279. The van der Waals surface area contributed by atoms with E-state index in [1.165, 1.54) is 11.1 Å². The van der Waals surface area contributed by atoms with Crippen molar-refractivity contribution in [2.45, 2.75) is 31.8 Å². The zero-order chi connectivity index (χ0) is 14.7. The van der Waals surface area contributed by atoms with Crippen molar-refractivity contribution in [3.63, 3.8) is 0 Å². The van der Waals surface area contributed by atoms with Gasteiger partial charge < -0.3 is 10.6 Å². The van der Waals surface area contributed by atoms with Crippen LogP contribution in [0.4, 0.5) is 0 Å². The lowest BCUT2D eigenvalue weighted by Crippen LogP contribution is -2.46. The van der Waals surface area contributed by atoms with Crippen LogP contribution in [0.15, 0.2) is 24.3 Å². The molecule has 0 saturated carbocycles. The number of hydrogen-bond acceptors (Lipinski definition) is 3. The quantitative estimate of drug-likeness (QED) is 0.907. The highest BCUT2D eigenvalue weighted by molar-refractivity contribution is 5.81. The van der Waals surface area contributed by atoms with Gasteiger partial charge in [0.15, 0.2) is 0 Å². The third-order valence-electron chi connectivity index (χ3n) is 4.11. The lowest BCUT2D eigenvalue weighted by Gasteiger charge is -2.33. The van der Waals surface area contributed by atoms with E-state index < -0.39 is 0 Å². The number of likely N-dealkylation sites (N-methyl/N-ethyl adjacent to an activating group) is 1. The number of amides is 1. The van der Waals surface area contributed by atoms with Crippen molar-refractivity contribution in [1.82, 2.24) is 9.80 Å². The number of benzene rings is 1. The van der Waals surface area contributed by atoms with Crippen molar-refractivity contribution in [3.05, 3.63) is 35.4 Å². The fraction of sp³-hybridized carbons (Fsp3) is 0.562. The molecule has 0 spiro atoms. The highest BCUT2D eigenvalue weighted by atomic mass is 16.2. The minimum Gasteiger partial charge on any atom is -0.347 e. The summed E-state index contributed by atoms with van der Waals surface area (Å²) in [5.41, 5.74) is 8.44. The van der Waals surface area contributed by atoms with Crippen molar-refractivity contribution in [2.24, 2.45) is 5.73 Å². The smallest absolute Gasteiger partial charge is 0.239 e. The number of carbonyl (C=O) groups excluding carboxylic acids is 1. The predicted molar refractivity (Wildman–Crippen MR) is 81.4 cm³/mol. The van der Waals surface area contributed by atoms with Crippen molar-refractivity contribution in [1.29, 1.82) is 0 Å². The highest BCUT2D eigenvalue weighted by Crippen LogP contribution is 2.29. The van der Waals surface area contributed by atoms with Crippen molar-refractivity contribution in [3.8, 4) is 0 Å². The average molecular weight is 275 g/mol. The van der Waals surface area contributed by atoms with Gasteiger partial charge in [-0.05, 0) is 31.9 Å². The number of aryl methyl sites for hydroxylation is 1. The first kappa shape index (κ1) is 15.0. The fourth-order valence-corrected chi connectivity index (χ4v) is 2.98. The summed E-state index contributed by atoms with van der Waals surface area (Å²) in [6.07, 6.45) is 1.99. The molecule has 110 valence electrons. The van der Waals surface area contributed by atoms with E-state index in [1.807, 2.05) is 14.1 Å². The molecule has 1 aliphatic heterocycles. The Morgan fingerprint density at radius 3 is 2.60 bits per heavy atom. The molecule has 2 atom stereocenters. The van der Waals surface area contributed by atoms with E-state index in [2.05, 4.69) is 36.1 Å². The van der Waals surface area contributed by atoms with E-state index in [0.717, 1.165) is 19.4 Å². The second-order valence-corrected chi connectivity index (χ2v) is 5.79. The van der Waals surface area contributed by atoms with Gasteiger partial charge in [0.05, 0.1) is 6.04 Å². The topological polar surface area (TPSA) is 49.6 Å². The SMILES string of the molecule is Cc1ccc(C(CN)N2CCCC2C(=O)N(C)C)cc1. The van der Waals surface area contributed by atoms with Crippen LogP contribution >= 0.6 is 0 Å². The summed E-state index contributed by atoms with van der Waals surface area (Å²) in [6, 6.07) is 8.57. The molecule has 1 fully saturated rings. The molecule has 1 amide bonds. The molecule has 2 rings (SSSR count). The van der Waals surface area contributed by atoms with Gasteiger partial charge in [-0.1, -0.05) is 29.8 Å². The zero-order valence-corrected chi connectivity index (χ0v) is 12.7. The Kier molecular flexibility index (Phi) is 4.78. The van der Waals surface area contributed by atoms with Crippen molar-refractivity contribution < 1.29 is 4.79 Å². The van der Waals surface area contributed by atoms with E-state index in [0.29, 0.717) is 6.54 Å². The summed E-state index contributed by atoms with van der Waals surface area (Å²) < 4.78 is 0. The summed E-state index contributed by atoms with van der Waals surface area (Å²) >= 11 is 0. The summed E-state index contributed by atoms with van der Waals surface area (Å²) in [7, 11) is 3.64. The normalized spacial score (nSPS) is 20.9. The van der Waals surface area contributed by atoms with Gasteiger partial charge in [-0.2, -0.15) is 0 Å². The van der Waals surface area contributed by atoms with Crippen LogP contribution in [0.25, 0.3) is 0 Å². The van der Waals surface area contributed by atoms with E-state index in [9.17, 15) is 4.79 Å². The van der Waals surface area contributed by atoms with Crippen LogP contribution in [0.1, 0.15) is 30.0 Å². The molecule has 20 heavy (non-hydrogen) atoms. The molecule has 4 heteroatoms. The fourth-order valence-electron chi connectivity index (χ4n) is 2.98.